The van der Waals surface area contributed by atoms with Crippen molar-refractivity contribution < 1.29 is 28.7 Å². The van der Waals surface area contributed by atoms with E-state index in [0.29, 0.717) is 16.7 Å². The highest BCUT2D eigenvalue weighted by molar-refractivity contribution is 6.33. The van der Waals surface area contributed by atoms with Gasteiger partial charge in [0.1, 0.15) is 11.0 Å². The van der Waals surface area contributed by atoms with Crippen LogP contribution in [0, 0.1) is 5.41 Å². The molecular formula is C25H24O6. The second-order valence-corrected chi connectivity index (χ2v) is 7.21. The van der Waals surface area contributed by atoms with Crippen LogP contribution in [0.15, 0.2) is 66.2 Å². The van der Waals surface area contributed by atoms with Gasteiger partial charge in [-0.25, -0.2) is 4.79 Å². The van der Waals surface area contributed by atoms with Crippen LogP contribution in [0.4, 0.5) is 0 Å². The van der Waals surface area contributed by atoms with Crippen LogP contribution in [0.2, 0.25) is 0 Å². The SMILES string of the molecule is CCOC(=O)C1=C(c2ccccc2)CC(CC(=O)c2ccccc2)(C(=O)OCC)C1=O. The maximum Gasteiger partial charge on any atom is 0.342 e. The molecule has 0 spiro atoms. The number of carbonyl (C=O) groups is 4. The Hall–Kier alpha value is -3.54. The van der Waals surface area contributed by atoms with Gasteiger partial charge in [-0.3, -0.25) is 14.4 Å². The third kappa shape index (κ3) is 4.33. The third-order valence-corrected chi connectivity index (χ3v) is 5.27. The van der Waals surface area contributed by atoms with Crippen LogP contribution in [-0.2, 0) is 23.9 Å². The zero-order valence-electron chi connectivity index (χ0n) is 17.6. The fourth-order valence-electron chi connectivity index (χ4n) is 3.80. The number of ketones is 2. The van der Waals surface area contributed by atoms with E-state index in [9.17, 15) is 19.2 Å². The molecular weight excluding hydrogens is 396 g/mol. The molecule has 160 valence electrons. The number of ether oxygens (including phenoxy) is 2. The lowest BCUT2D eigenvalue weighted by atomic mass is 9.76. The van der Waals surface area contributed by atoms with E-state index < -0.39 is 29.6 Å². The molecule has 0 fully saturated rings. The van der Waals surface area contributed by atoms with Crippen molar-refractivity contribution >= 4 is 29.1 Å². The van der Waals surface area contributed by atoms with Crippen molar-refractivity contribution in [1.82, 2.24) is 0 Å². The largest absolute Gasteiger partial charge is 0.465 e. The lowest BCUT2D eigenvalue weighted by molar-refractivity contribution is -0.158. The Bertz CT molecular complexity index is 1020. The first-order valence-corrected chi connectivity index (χ1v) is 10.2. The van der Waals surface area contributed by atoms with Gasteiger partial charge in [-0.05, 0) is 31.4 Å². The number of allylic oxidation sites excluding steroid dienone is 1. The minimum atomic E-state index is -1.81. The van der Waals surface area contributed by atoms with Crippen LogP contribution >= 0.6 is 0 Å². The standard InChI is InChI=1S/C25H24O6/c1-3-30-23(28)21-19(17-11-7-5-8-12-17)15-25(22(21)27,24(29)31-4-2)16-20(26)18-13-9-6-10-14-18/h5-14H,3-4,15-16H2,1-2H3. The number of hydrogen-bond acceptors (Lipinski definition) is 6. The van der Waals surface area contributed by atoms with E-state index in [1.165, 1.54) is 0 Å². The Kier molecular flexibility index (Phi) is 6.80. The zero-order valence-corrected chi connectivity index (χ0v) is 17.6. The van der Waals surface area contributed by atoms with Crippen molar-refractivity contribution in [2.24, 2.45) is 5.41 Å². The number of Topliss-reactive ketones (excluding diaryl/α,β-unsaturated/α-hetero) is 2. The highest BCUT2D eigenvalue weighted by Crippen LogP contribution is 2.47. The summed E-state index contributed by atoms with van der Waals surface area (Å²) in [4.78, 5) is 52.4. The molecule has 0 saturated carbocycles. The molecule has 1 unspecified atom stereocenters. The molecule has 1 aliphatic rings. The highest BCUT2D eigenvalue weighted by Gasteiger charge is 2.57. The van der Waals surface area contributed by atoms with Gasteiger partial charge in [0.2, 0.25) is 0 Å². The molecule has 6 heteroatoms. The summed E-state index contributed by atoms with van der Waals surface area (Å²) >= 11 is 0. The molecule has 6 nitrogen and oxygen atoms in total. The van der Waals surface area contributed by atoms with E-state index in [1.54, 1.807) is 68.4 Å². The minimum Gasteiger partial charge on any atom is -0.465 e. The van der Waals surface area contributed by atoms with E-state index in [1.807, 2.05) is 6.07 Å². The number of hydrogen-bond donors (Lipinski definition) is 0. The molecule has 1 atom stereocenters. The lowest BCUT2D eigenvalue weighted by Crippen LogP contribution is -2.41. The molecule has 1 aliphatic carbocycles. The second kappa shape index (κ2) is 9.51. The highest BCUT2D eigenvalue weighted by atomic mass is 16.5. The number of rotatable bonds is 8. The fraction of sp³-hybridized carbons (Fsp3) is 0.280. The molecule has 0 bridgehead atoms. The van der Waals surface area contributed by atoms with Crippen molar-refractivity contribution in [3.63, 3.8) is 0 Å². The van der Waals surface area contributed by atoms with Gasteiger partial charge >= 0.3 is 11.9 Å². The summed E-state index contributed by atoms with van der Waals surface area (Å²) in [5, 5.41) is 0. The summed E-state index contributed by atoms with van der Waals surface area (Å²) in [7, 11) is 0. The average Bonchev–Trinajstić information content (AvgIpc) is 3.08. The van der Waals surface area contributed by atoms with Crippen LogP contribution in [0.5, 0.6) is 0 Å². The molecule has 0 heterocycles. The molecule has 0 aliphatic heterocycles. The molecule has 0 aromatic heterocycles. The van der Waals surface area contributed by atoms with Gasteiger partial charge < -0.3 is 9.47 Å². The lowest BCUT2D eigenvalue weighted by Gasteiger charge is -2.25. The van der Waals surface area contributed by atoms with E-state index in [4.69, 9.17) is 9.47 Å². The van der Waals surface area contributed by atoms with Gasteiger partial charge in [-0.1, -0.05) is 60.7 Å². The fourth-order valence-corrected chi connectivity index (χ4v) is 3.80. The summed E-state index contributed by atoms with van der Waals surface area (Å²) in [5.41, 5.74) is -0.613. The predicted molar refractivity (Wildman–Crippen MR) is 114 cm³/mol. The zero-order chi connectivity index (χ0) is 22.4. The van der Waals surface area contributed by atoms with Crippen molar-refractivity contribution in [3.8, 4) is 0 Å². The summed E-state index contributed by atoms with van der Waals surface area (Å²) in [6, 6.07) is 17.3. The Morgan fingerprint density at radius 3 is 2.03 bits per heavy atom. The van der Waals surface area contributed by atoms with E-state index in [-0.39, 0.29) is 31.0 Å². The molecule has 31 heavy (non-hydrogen) atoms. The molecule has 3 rings (SSSR count). The molecule has 2 aromatic rings. The van der Waals surface area contributed by atoms with Crippen molar-refractivity contribution in [2.45, 2.75) is 26.7 Å². The van der Waals surface area contributed by atoms with E-state index in [0.717, 1.165) is 0 Å². The Morgan fingerprint density at radius 1 is 0.871 bits per heavy atom. The van der Waals surface area contributed by atoms with Gasteiger partial charge in [-0.2, -0.15) is 0 Å². The molecule has 0 saturated heterocycles. The van der Waals surface area contributed by atoms with Crippen LogP contribution in [0.3, 0.4) is 0 Å². The van der Waals surface area contributed by atoms with E-state index in [2.05, 4.69) is 0 Å². The Labute approximate surface area is 180 Å². The number of benzene rings is 2. The minimum absolute atomic E-state index is 0.0444. The first kappa shape index (κ1) is 22.2. The van der Waals surface area contributed by atoms with Crippen LogP contribution in [0.1, 0.15) is 42.6 Å². The number of esters is 2. The Balaban J connectivity index is 2.10. The molecule has 0 N–H and O–H groups in total. The van der Waals surface area contributed by atoms with Crippen LogP contribution in [-0.4, -0.2) is 36.7 Å². The van der Waals surface area contributed by atoms with Crippen molar-refractivity contribution in [2.75, 3.05) is 13.2 Å². The smallest absolute Gasteiger partial charge is 0.342 e. The van der Waals surface area contributed by atoms with Gasteiger partial charge in [0.25, 0.3) is 0 Å². The summed E-state index contributed by atoms with van der Waals surface area (Å²) in [6.07, 6.45) is -0.505. The summed E-state index contributed by atoms with van der Waals surface area (Å²) in [6.45, 7) is 3.38. The van der Waals surface area contributed by atoms with E-state index >= 15 is 0 Å². The van der Waals surface area contributed by atoms with Gasteiger partial charge in [0.05, 0.1) is 13.2 Å². The first-order chi connectivity index (χ1) is 14.9. The monoisotopic (exact) mass is 420 g/mol. The Morgan fingerprint density at radius 2 is 1.45 bits per heavy atom. The van der Waals surface area contributed by atoms with Gasteiger partial charge in [0, 0.05) is 12.0 Å². The van der Waals surface area contributed by atoms with Crippen LogP contribution in [0.25, 0.3) is 5.57 Å². The predicted octanol–water partition coefficient (Wildman–Crippen LogP) is 3.80. The van der Waals surface area contributed by atoms with Gasteiger partial charge in [0.15, 0.2) is 11.6 Å². The topological polar surface area (TPSA) is 86.7 Å². The normalized spacial score (nSPS) is 18.1. The second-order valence-electron chi connectivity index (χ2n) is 7.21. The summed E-state index contributed by atoms with van der Waals surface area (Å²) < 4.78 is 10.3. The summed E-state index contributed by atoms with van der Waals surface area (Å²) in [5.74, 6) is -2.71. The number of carbonyl (C=O) groups excluding carboxylic acids is 4. The molecule has 0 amide bonds. The third-order valence-electron chi connectivity index (χ3n) is 5.27. The van der Waals surface area contributed by atoms with Crippen LogP contribution < -0.4 is 0 Å². The molecule has 2 aromatic carbocycles. The molecule has 0 radical (unpaired) electrons. The average molecular weight is 420 g/mol. The quantitative estimate of drug-likeness (QED) is 0.279. The van der Waals surface area contributed by atoms with Crippen molar-refractivity contribution in [1.29, 1.82) is 0 Å². The maximum absolute atomic E-state index is 13.6. The maximum atomic E-state index is 13.6. The van der Waals surface area contributed by atoms with Crippen molar-refractivity contribution in [3.05, 3.63) is 77.4 Å². The van der Waals surface area contributed by atoms with Gasteiger partial charge in [-0.15, -0.1) is 0 Å². The first-order valence-electron chi connectivity index (χ1n) is 10.2.